The number of hydrogen-bond donors (Lipinski definition) is 1. The van der Waals surface area contributed by atoms with Gasteiger partial charge in [-0.25, -0.2) is 0 Å². The van der Waals surface area contributed by atoms with Gasteiger partial charge in [0.2, 0.25) is 0 Å². The molecule has 0 aliphatic rings. The van der Waals surface area contributed by atoms with Crippen LogP contribution in [0.1, 0.15) is 50.5 Å². The zero-order valence-electron chi connectivity index (χ0n) is 13.9. The van der Waals surface area contributed by atoms with Crippen molar-refractivity contribution in [3.05, 3.63) is 29.3 Å². The number of carbonyl (C=O) groups excluding carboxylic acids is 1. The van der Waals surface area contributed by atoms with Gasteiger partial charge in [-0.1, -0.05) is 20.8 Å². The Balaban J connectivity index is 2.98. The van der Waals surface area contributed by atoms with Gasteiger partial charge in [-0.05, 0) is 49.9 Å². The van der Waals surface area contributed by atoms with Gasteiger partial charge in [-0.2, -0.15) is 0 Å². The molecule has 0 saturated carbocycles. The highest BCUT2D eigenvalue weighted by Crippen LogP contribution is 2.25. The first-order valence-electron chi connectivity index (χ1n) is 7.30. The summed E-state index contributed by atoms with van der Waals surface area (Å²) in [6.45, 7) is 13.5. The molecule has 1 amide bonds. The number of hydrogen-bond acceptors (Lipinski definition) is 2. The Hall–Kier alpha value is -1.51. The standard InChI is InChI=1S/C17H28N2O/c1-8-18-14-9-10-15(12(2)11-14)16(20)19(7)13(3)17(4,5)6/h9-11,13,18H,8H2,1-7H3. The second-order valence-electron chi connectivity index (χ2n) is 6.52. The van der Waals surface area contributed by atoms with Crippen LogP contribution in [0.3, 0.4) is 0 Å². The Labute approximate surface area is 123 Å². The van der Waals surface area contributed by atoms with Crippen LogP contribution in [-0.2, 0) is 0 Å². The van der Waals surface area contributed by atoms with Gasteiger partial charge in [-0.3, -0.25) is 4.79 Å². The molecule has 1 N–H and O–H groups in total. The number of benzene rings is 1. The number of amides is 1. The van der Waals surface area contributed by atoms with E-state index < -0.39 is 0 Å². The van der Waals surface area contributed by atoms with Gasteiger partial charge in [0.25, 0.3) is 5.91 Å². The molecule has 0 aliphatic carbocycles. The molecular weight excluding hydrogens is 248 g/mol. The molecule has 3 nitrogen and oxygen atoms in total. The van der Waals surface area contributed by atoms with Crippen LogP contribution < -0.4 is 5.32 Å². The molecule has 3 heteroatoms. The lowest BCUT2D eigenvalue weighted by molar-refractivity contribution is 0.0628. The summed E-state index contributed by atoms with van der Waals surface area (Å²) in [6, 6.07) is 6.11. The quantitative estimate of drug-likeness (QED) is 0.903. The lowest BCUT2D eigenvalue weighted by Crippen LogP contribution is -2.43. The largest absolute Gasteiger partial charge is 0.385 e. The van der Waals surface area contributed by atoms with Crippen LogP contribution in [-0.4, -0.2) is 30.4 Å². The normalized spacial score (nSPS) is 12.9. The van der Waals surface area contributed by atoms with Crippen molar-refractivity contribution in [1.29, 1.82) is 0 Å². The molecule has 1 rings (SSSR count). The van der Waals surface area contributed by atoms with Crippen LogP contribution in [0.5, 0.6) is 0 Å². The lowest BCUT2D eigenvalue weighted by Gasteiger charge is -2.35. The fourth-order valence-electron chi connectivity index (χ4n) is 2.16. The molecule has 1 atom stereocenters. The SMILES string of the molecule is CCNc1ccc(C(=O)N(C)C(C)C(C)(C)C)c(C)c1. The molecule has 0 bridgehead atoms. The van der Waals surface area contributed by atoms with E-state index in [9.17, 15) is 4.79 Å². The Morgan fingerprint density at radius 1 is 1.35 bits per heavy atom. The number of nitrogens with one attached hydrogen (secondary N) is 1. The molecule has 1 aromatic carbocycles. The highest BCUT2D eigenvalue weighted by Gasteiger charge is 2.28. The average Bonchev–Trinajstić information content (AvgIpc) is 2.35. The number of nitrogens with zero attached hydrogens (tertiary/aromatic N) is 1. The molecule has 1 unspecified atom stereocenters. The van der Waals surface area contributed by atoms with Gasteiger partial charge in [0, 0.05) is 30.9 Å². The molecule has 0 saturated heterocycles. The van der Waals surface area contributed by atoms with Gasteiger partial charge in [0.15, 0.2) is 0 Å². The highest BCUT2D eigenvalue weighted by molar-refractivity contribution is 5.96. The smallest absolute Gasteiger partial charge is 0.254 e. The number of carbonyl (C=O) groups is 1. The molecule has 0 radical (unpaired) electrons. The molecule has 0 spiro atoms. The van der Waals surface area contributed by atoms with E-state index in [2.05, 4.69) is 39.9 Å². The molecule has 0 heterocycles. The summed E-state index contributed by atoms with van der Waals surface area (Å²) in [5, 5.41) is 3.27. The van der Waals surface area contributed by atoms with Gasteiger partial charge in [0.1, 0.15) is 0 Å². The maximum absolute atomic E-state index is 12.6. The maximum Gasteiger partial charge on any atom is 0.254 e. The summed E-state index contributed by atoms with van der Waals surface area (Å²) in [7, 11) is 1.88. The molecule has 112 valence electrons. The minimum atomic E-state index is 0.0715. The third kappa shape index (κ3) is 3.75. The molecule has 0 aromatic heterocycles. The van der Waals surface area contributed by atoms with E-state index in [4.69, 9.17) is 0 Å². The Bertz CT molecular complexity index is 474. The van der Waals surface area contributed by atoms with Crippen molar-refractivity contribution in [2.45, 2.75) is 47.6 Å². The van der Waals surface area contributed by atoms with E-state index in [-0.39, 0.29) is 17.4 Å². The van der Waals surface area contributed by atoms with Gasteiger partial charge >= 0.3 is 0 Å². The predicted molar refractivity (Wildman–Crippen MR) is 86.4 cm³/mol. The molecule has 0 aliphatic heterocycles. The molecule has 0 fully saturated rings. The van der Waals surface area contributed by atoms with E-state index in [1.807, 2.05) is 37.1 Å². The first-order valence-corrected chi connectivity index (χ1v) is 7.30. The van der Waals surface area contributed by atoms with Gasteiger partial charge < -0.3 is 10.2 Å². The summed E-state index contributed by atoms with van der Waals surface area (Å²) in [6.07, 6.45) is 0. The minimum absolute atomic E-state index is 0.0715. The van der Waals surface area contributed by atoms with Crippen LogP contribution in [0.25, 0.3) is 0 Å². The van der Waals surface area contributed by atoms with E-state index in [1.54, 1.807) is 0 Å². The van der Waals surface area contributed by atoms with E-state index in [0.29, 0.717) is 0 Å². The molecule has 20 heavy (non-hydrogen) atoms. The Morgan fingerprint density at radius 3 is 2.40 bits per heavy atom. The Morgan fingerprint density at radius 2 is 1.95 bits per heavy atom. The lowest BCUT2D eigenvalue weighted by atomic mass is 9.87. The van der Waals surface area contributed by atoms with Crippen molar-refractivity contribution >= 4 is 11.6 Å². The second-order valence-corrected chi connectivity index (χ2v) is 6.52. The molecule has 1 aromatic rings. The summed E-state index contributed by atoms with van der Waals surface area (Å²) in [5.41, 5.74) is 2.93. The second kappa shape index (κ2) is 6.29. The van der Waals surface area contributed by atoms with Crippen LogP contribution in [0.4, 0.5) is 5.69 Å². The van der Waals surface area contributed by atoms with Crippen LogP contribution in [0.15, 0.2) is 18.2 Å². The van der Waals surface area contributed by atoms with Crippen LogP contribution in [0, 0.1) is 12.3 Å². The van der Waals surface area contributed by atoms with Gasteiger partial charge in [0.05, 0.1) is 0 Å². The van der Waals surface area contributed by atoms with E-state index in [0.717, 1.165) is 23.4 Å². The average molecular weight is 276 g/mol. The third-order valence-corrected chi connectivity index (χ3v) is 3.99. The van der Waals surface area contributed by atoms with Crippen molar-refractivity contribution in [3.63, 3.8) is 0 Å². The van der Waals surface area contributed by atoms with Crippen LogP contribution >= 0.6 is 0 Å². The zero-order chi connectivity index (χ0) is 15.5. The topological polar surface area (TPSA) is 32.3 Å². The van der Waals surface area contributed by atoms with E-state index >= 15 is 0 Å². The van der Waals surface area contributed by atoms with Crippen molar-refractivity contribution in [1.82, 2.24) is 4.90 Å². The number of rotatable bonds is 4. The molecular formula is C17H28N2O. The van der Waals surface area contributed by atoms with Crippen LogP contribution in [0.2, 0.25) is 0 Å². The van der Waals surface area contributed by atoms with Crippen molar-refractivity contribution in [3.8, 4) is 0 Å². The Kier molecular flexibility index (Phi) is 5.21. The maximum atomic E-state index is 12.6. The van der Waals surface area contributed by atoms with Gasteiger partial charge in [-0.15, -0.1) is 0 Å². The highest BCUT2D eigenvalue weighted by atomic mass is 16.2. The predicted octanol–water partition coefficient (Wildman–Crippen LogP) is 3.93. The summed E-state index contributed by atoms with van der Waals surface area (Å²) < 4.78 is 0. The fourth-order valence-corrected chi connectivity index (χ4v) is 2.16. The number of anilines is 1. The fraction of sp³-hybridized carbons (Fsp3) is 0.588. The summed E-state index contributed by atoms with van der Waals surface area (Å²) >= 11 is 0. The summed E-state index contributed by atoms with van der Waals surface area (Å²) in [5.74, 6) is 0.0907. The van der Waals surface area contributed by atoms with Crippen molar-refractivity contribution in [2.24, 2.45) is 5.41 Å². The monoisotopic (exact) mass is 276 g/mol. The van der Waals surface area contributed by atoms with E-state index in [1.165, 1.54) is 0 Å². The third-order valence-electron chi connectivity index (χ3n) is 3.99. The van der Waals surface area contributed by atoms with Crippen molar-refractivity contribution < 1.29 is 4.79 Å². The first-order chi connectivity index (χ1) is 9.18. The van der Waals surface area contributed by atoms with Crippen molar-refractivity contribution in [2.75, 3.05) is 18.9 Å². The number of aryl methyl sites for hydroxylation is 1. The first kappa shape index (κ1) is 16.5. The summed E-state index contributed by atoms with van der Waals surface area (Å²) in [4.78, 5) is 14.5. The zero-order valence-corrected chi connectivity index (χ0v) is 13.9. The minimum Gasteiger partial charge on any atom is -0.385 e.